The average Bonchev–Trinajstić information content (AvgIpc) is 3.37. The van der Waals surface area contributed by atoms with Crippen molar-refractivity contribution in [3.05, 3.63) is 24.2 Å². The third-order valence-electron chi connectivity index (χ3n) is 6.74. The lowest BCUT2D eigenvalue weighted by atomic mass is 9.95. The second-order valence-electron chi connectivity index (χ2n) is 9.04. The Kier molecular flexibility index (Phi) is 10.4. The van der Waals surface area contributed by atoms with Crippen molar-refractivity contribution in [3.63, 3.8) is 0 Å². The lowest BCUT2D eigenvalue weighted by molar-refractivity contribution is -0.140. The van der Waals surface area contributed by atoms with Gasteiger partial charge in [-0.1, -0.05) is 33.1 Å². The predicted molar refractivity (Wildman–Crippen MR) is 128 cm³/mol. The van der Waals surface area contributed by atoms with Crippen LogP contribution < -0.4 is 5.32 Å². The summed E-state index contributed by atoms with van der Waals surface area (Å²) in [6, 6.07) is 3.94. The van der Waals surface area contributed by atoms with Gasteiger partial charge in [0.15, 0.2) is 5.96 Å². The molecule has 1 N–H and O–H groups in total. The normalized spacial score (nSPS) is 19.2. The largest absolute Gasteiger partial charge is 0.469 e. The Bertz CT molecular complexity index is 677. The Balaban J connectivity index is 1.55. The zero-order chi connectivity index (χ0) is 22.6. The third-order valence-corrected chi connectivity index (χ3v) is 6.74. The summed E-state index contributed by atoms with van der Waals surface area (Å²) in [6.07, 6.45) is 9.25. The fourth-order valence-electron chi connectivity index (χ4n) is 4.53. The second-order valence-corrected chi connectivity index (χ2v) is 9.04. The Hall–Kier alpha value is -2.02. The van der Waals surface area contributed by atoms with Crippen molar-refractivity contribution in [2.24, 2.45) is 16.8 Å². The van der Waals surface area contributed by atoms with Crippen LogP contribution >= 0.6 is 0 Å². The summed E-state index contributed by atoms with van der Waals surface area (Å²) in [5, 5.41) is 3.57. The molecule has 0 radical (unpaired) electrons. The number of furan rings is 1. The predicted octanol–water partition coefficient (Wildman–Crippen LogP) is 3.55. The van der Waals surface area contributed by atoms with E-state index < -0.39 is 0 Å². The van der Waals surface area contributed by atoms with E-state index >= 15 is 0 Å². The minimum atomic E-state index is 0.127. The molecule has 0 spiro atoms. The standard InChI is InChI=1S/C25H42N4O3/c1-3-5-7-21(4-2)20-27-25(26-12-9-23-8-6-17-32-23)29-13-10-22(11-14-29)24(30)28-15-18-31-19-16-28/h6,8,17,21-22H,3-5,7,9-16,18-20H2,1-2H3,(H,26,27). The van der Waals surface area contributed by atoms with E-state index in [1.165, 1.54) is 25.7 Å². The molecule has 2 fully saturated rings. The lowest BCUT2D eigenvalue weighted by Crippen LogP contribution is -2.50. The van der Waals surface area contributed by atoms with Gasteiger partial charge in [0.25, 0.3) is 0 Å². The number of guanidine groups is 1. The van der Waals surface area contributed by atoms with Crippen LogP contribution in [0.2, 0.25) is 0 Å². The summed E-state index contributed by atoms with van der Waals surface area (Å²) >= 11 is 0. The number of rotatable bonds is 10. The molecule has 3 heterocycles. The van der Waals surface area contributed by atoms with Crippen molar-refractivity contribution >= 4 is 11.9 Å². The Morgan fingerprint density at radius 3 is 2.62 bits per heavy atom. The molecule has 0 aliphatic carbocycles. The van der Waals surface area contributed by atoms with Crippen LogP contribution in [0.4, 0.5) is 0 Å². The van der Waals surface area contributed by atoms with Gasteiger partial charge < -0.3 is 24.3 Å². The van der Waals surface area contributed by atoms with Gasteiger partial charge in [-0.15, -0.1) is 0 Å². The Labute approximate surface area is 193 Å². The maximum Gasteiger partial charge on any atom is 0.225 e. The number of likely N-dealkylation sites (tertiary alicyclic amines) is 1. The molecule has 1 atom stereocenters. The summed E-state index contributed by atoms with van der Waals surface area (Å²) in [7, 11) is 0. The fourth-order valence-corrected chi connectivity index (χ4v) is 4.53. The quantitative estimate of drug-likeness (QED) is 0.440. The van der Waals surface area contributed by atoms with Crippen molar-refractivity contribution in [1.82, 2.24) is 15.1 Å². The number of unbranched alkanes of at least 4 members (excludes halogenated alkanes) is 1. The molecule has 0 aromatic carbocycles. The second kappa shape index (κ2) is 13.5. The van der Waals surface area contributed by atoms with Gasteiger partial charge in [0.2, 0.25) is 5.91 Å². The summed E-state index contributed by atoms with van der Waals surface area (Å²) in [4.78, 5) is 22.3. The van der Waals surface area contributed by atoms with Crippen LogP contribution in [0.1, 0.15) is 58.1 Å². The van der Waals surface area contributed by atoms with Gasteiger partial charge in [-0.3, -0.25) is 9.79 Å². The highest BCUT2D eigenvalue weighted by molar-refractivity contribution is 5.82. The maximum absolute atomic E-state index is 12.9. The van der Waals surface area contributed by atoms with Crippen molar-refractivity contribution in [2.45, 2.75) is 58.8 Å². The number of piperidine rings is 1. The van der Waals surface area contributed by atoms with Crippen molar-refractivity contribution in [3.8, 4) is 0 Å². The number of ether oxygens (including phenoxy) is 1. The minimum absolute atomic E-state index is 0.127. The number of aliphatic imine (C=N–C) groups is 1. The molecule has 1 aromatic rings. The number of hydrogen-bond acceptors (Lipinski definition) is 4. The monoisotopic (exact) mass is 446 g/mol. The highest BCUT2D eigenvalue weighted by Gasteiger charge is 2.30. The van der Waals surface area contributed by atoms with Gasteiger partial charge in [0, 0.05) is 51.6 Å². The molecule has 3 rings (SSSR count). The van der Waals surface area contributed by atoms with E-state index in [0.29, 0.717) is 25.0 Å². The van der Waals surface area contributed by atoms with E-state index in [1.54, 1.807) is 6.26 Å². The molecule has 2 saturated heterocycles. The molecular formula is C25H42N4O3. The third kappa shape index (κ3) is 7.54. The zero-order valence-corrected chi connectivity index (χ0v) is 20.1. The van der Waals surface area contributed by atoms with Crippen molar-refractivity contribution in [1.29, 1.82) is 0 Å². The molecular weight excluding hydrogens is 404 g/mol. The Morgan fingerprint density at radius 1 is 1.19 bits per heavy atom. The summed E-state index contributed by atoms with van der Waals surface area (Å²) < 4.78 is 10.9. The summed E-state index contributed by atoms with van der Waals surface area (Å²) in [5.74, 6) is 3.05. The van der Waals surface area contributed by atoms with Crippen LogP contribution in [0.3, 0.4) is 0 Å². The summed E-state index contributed by atoms with van der Waals surface area (Å²) in [6.45, 7) is 10.7. The van der Waals surface area contributed by atoms with Gasteiger partial charge in [-0.2, -0.15) is 0 Å². The van der Waals surface area contributed by atoms with Crippen LogP contribution in [-0.4, -0.2) is 74.1 Å². The molecule has 2 aliphatic heterocycles. The first-order valence-corrected chi connectivity index (χ1v) is 12.6. The molecule has 7 nitrogen and oxygen atoms in total. The van der Waals surface area contributed by atoms with Gasteiger partial charge in [0.1, 0.15) is 5.76 Å². The highest BCUT2D eigenvalue weighted by Crippen LogP contribution is 2.21. The number of carbonyl (C=O) groups excluding carboxylic acids is 1. The minimum Gasteiger partial charge on any atom is -0.469 e. The molecule has 1 aromatic heterocycles. The molecule has 7 heteroatoms. The molecule has 1 unspecified atom stereocenters. The molecule has 0 bridgehead atoms. The smallest absolute Gasteiger partial charge is 0.225 e. The SMILES string of the molecule is CCCCC(CC)CN=C(NCCc1ccco1)N1CCC(C(=O)N2CCOCC2)CC1. The number of morpholine rings is 1. The van der Waals surface area contributed by atoms with Crippen molar-refractivity contribution in [2.75, 3.05) is 52.5 Å². The van der Waals surface area contributed by atoms with E-state index in [4.69, 9.17) is 14.1 Å². The molecule has 180 valence electrons. The first kappa shape index (κ1) is 24.6. The Morgan fingerprint density at radius 2 is 1.97 bits per heavy atom. The molecule has 32 heavy (non-hydrogen) atoms. The van der Waals surface area contributed by atoms with Crippen LogP contribution in [-0.2, 0) is 16.0 Å². The first-order valence-electron chi connectivity index (χ1n) is 12.6. The fraction of sp³-hybridized carbons (Fsp3) is 0.760. The number of carbonyl (C=O) groups is 1. The van der Waals surface area contributed by atoms with E-state index in [1.807, 2.05) is 17.0 Å². The van der Waals surface area contributed by atoms with E-state index in [-0.39, 0.29) is 5.92 Å². The van der Waals surface area contributed by atoms with E-state index in [2.05, 4.69) is 24.1 Å². The average molecular weight is 447 g/mol. The topological polar surface area (TPSA) is 70.3 Å². The van der Waals surface area contributed by atoms with Crippen LogP contribution in [0.5, 0.6) is 0 Å². The summed E-state index contributed by atoms with van der Waals surface area (Å²) in [5.41, 5.74) is 0. The first-order chi connectivity index (χ1) is 15.7. The van der Waals surface area contributed by atoms with E-state index in [0.717, 1.165) is 70.3 Å². The molecule has 0 saturated carbocycles. The van der Waals surface area contributed by atoms with Crippen molar-refractivity contribution < 1.29 is 13.9 Å². The molecule has 2 aliphatic rings. The van der Waals surface area contributed by atoms with Gasteiger partial charge >= 0.3 is 0 Å². The lowest BCUT2D eigenvalue weighted by Gasteiger charge is -2.37. The number of hydrogen-bond donors (Lipinski definition) is 1. The van der Waals surface area contributed by atoms with Gasteiger partial charge in [-0.25, -0.2) is 0 Å². The number of nitrogens with zero attached hydrogens (tertiary/aromatic N) is 3. The molecule has 1 amide bonds. The van der Waals surface area contributed by atoms with Gasteiger partial charge in [-0.05, 0) is 37.3 Å². The maximum atomic E-state index is 12.9. The van der Waals surface area contributed by atoms with Crippen LogP contribution in [0.15, 0.2) is 27.8 Å². The highest BCUT2D eigenvalue weighted by atomic mass is 16.5. The zero-order valence-electron chi connectivity index (χ0n) is 20.1. The van der Waals surface area contributed by atoms with Gasteiger partial charge in [0.05, 0.1) is 19.5 Å². The van der Waals surface area contributed by atoms with Crippen LogP contribution in [0.25, 0.3) is 0 Å². The number of nitrogens with one attached hydrogen (secondary N) is 1. The number of amides is 1. The van der Waals surface area contributed by atoms with E-state index in [9.17, 15) is 4.79 Å². The van der Waals surface area contributed by atoms with Crippen LogP contribution in [0, 0.1) is 11.8 Å².